The Bertz CT molecular complexity index is 612. The van der Waals surface area contributed by atoms with Gasteiger partial charge >= 0.3 is 0 Å². The molecule has 0 spiro atoms. The van der Waals surface area contributed by atoms with Crippen LogP contribution in [0, 0.1) is 0 Å². The molecule has 2 heterocycles. The van der Waals surface area contributed by atoms with Gasteiger partial charge in [-0.05, 0) is 33.6 Å². The van der Waals surface area contributed by atoms with Crippen molar-refractivity contribution in [1.29, 1.82) is 0 Å². The standard InChI is InChI=1S/C14H16BrN3O2/c1-18-3-2-17-13(18)9-16-8-10-6-11(15)14-12(7-10)19-4-5-20-14/h2-3,6-7,16H,4-5,8-9H2,1H3. The van der Waals surface area contributed by atoms with Crippen molar-refractivity contribution in [2.45, 2.75) is 13.1 Å². The lowest BCUT2D eigenvalue weighted by Crippen LogP contribution is -2.18. The van der Waals surface area contributed by atoms with E-state index in [0.717, 1.165) is 40.4 Å². The Kier molecular flexibility index (Phi) is 3.93. The van der Waals surface area contributed by atoms with Crippen molar-refractivity contribution in [3.8, 4) is 11.5 Å². The number of aromatic nitrogens is 2. The Hall–Kier alpha value is -1.53. The maximum atomic E-state index is 5.62. The first-order chi connectivity index (χ1) is 9.74. The van der Waals surface area contributed by atoms with Gasteiger partial charge in [-0.1, -0.05) is 0 Å². The number of halogens is 1. The molecule has 0 bridgehead atoms. The molecule has 0 aliphatic carbocycles. The molecule has 2 aromatic rings. The second-order valence-corrected chi connectivity index (χ2v) is 5.51. The lowest BCUT2D eigenvalue weighted by Gasteiger charge is -2.20. The summed E-state index contributed by atoms with van der Waals surface area (Å²) in [6.45, 7) is 2.68. The third kappa shape index (κ3) is 2.81. The van der Waals surface area contributed by atoms with Gasteiger partial charge in [0.2, 0.25) is 0 Å². The van der Waals surface area contributed by atoms with Crippen LogP contribution in [0.5, 0.6) is 11.5 Å². The van der Waals surface area contributed by atoms with Crippen LogP contribution in [-0.4, -0.2) is 22.8 Å². The van der Waals surface area contributed by atoms with E-state index in [1.165, 1.54) is 0 Å². The lowest BCUT2D eigenvalue weighted by atomic mass is 10.2. The highest BCUT2D eigenvalue weighted by Crippen LogP contribution is 2.38. The highest BCUT2D eigenvalue weighted by atomic mass is 79.9. The summed E-state index contributed by atoms with van der Waals surface area (Å²) >= 11 is 3.53. The summed E-state index contributed by atoms with van der Waals surface area (Å²) in [5.74, 6) is 2.62. The number of ether oxygens (including phenoxy) is 2. The quantitative estimate of drug-likeness (QED) is 0.929. The maximum absolute atomic E-state index is 5.62. The summed E-state index contributed by atoms with van der Waals surface area (Å²) in [4.78, 5) is 4.28. The van der Waals surface area contributed by atoms with E-state index in [-0.39, 0.29) is 0 Å². The van der Waals surface area contributed by atoms with Gasteiger partial charge < -0.3 is 19.4 Å². The molecule has 0 amide bonds. The van der Waals surface area contributed by atoms with E-state index in [0.29, 0.717) is 13.2 Å². The number of nitrogens with one attached hydrogen (secondary N) is 1. The van der Waals surface area contributed by atoms with E-state index in [2.05, 4.69) is 32.3 Å². The molecule has 6 heteroatoms. The molecule has 1 aromatic heterocycles. The molecule has 106 valence electrons. The predicted octanol–water partition coefficient (Wildman–Crippen LogP) is 2.24. The average Bonchev–Trinajstić information content (AvgIpc) is 2.85. The second-order valence-electron chi connectivity index (χ2n) is 4.66. The smallest absolute Gasteiger partial charge is 0.175 e. The van der Waals surface area contributed by atoms with Crippen molar-refractivity contribution < 1.29 is 9.47 Å². The van der Waals surface area contributed by atoms with Crippen molar-refractivity contribution in [2.75, 3.05) is 13.2 Å². The van der Waals surface area contributed by atoms with E-state index in [9.17, 15) is 0 Å². The number of hydrogen-bond donors (Lipinski definition) is 1. The third-order valence-corrected chi connectivity index (χ3v) is 3.78. The van der Waals surface area contributed by atoms with Crippen LogP contribution in [-0.2, 0) is 20.1 Å². The SMILES string of the molecule is Cn1ccnc1CNCc1cc(Br)c2c(c1)OCCO2. The minimum absolute atomic E-state index is 0.600. The zero-order valence-electron chi connectivity index (χ0n) is 11.2. The molecule has 0 atom stereocenters. The topological polar surface area (TPSA) is 48.3 Å². The summed E-state index contributed by atoms with van der Waals surface area (Å²) in [5, 5.41) is 3.38. The molecule has 1 N–H and O–H groups in total. The van der Waals surface area contributed by atoms with E-state index in [1.54, 1.807) is 6.20 Å². The van der Waals surface area contributed by atoms with Crippen LogP contribution < -0.4 is 14.8 Å². The molecule has 5 nitrogen and oxygen atoms in total. The van der Waals surface area contributed by atoms with Gasteiger partial charge in [-0.25, -0.2) is 4.98 Å². The molecule has 3 rings (SSSR count). The van der Waals surface area contributed by atoms with Crippen molar-refractivity contribution in [3.05, 3.63) is 40.4 Å². The largest absolute Gasteiger partial charge is 0.486 e. The Morgan fingerprint density at radius 2 is 2.15 bits per heavy atom. The van der Waals surface area contributed by atoms with Crippen LogP contribution in [0.3, 0.4) is 0 Å². The number of hydrogen-bond acceptors (Lipinski definition) is 4. The summed E-state index contributed by atoms with van der Waals surface area (Å²) in [6, 6.07) is 4.07. The fourth-order valence-electron chi connectivity index (χ4n) is 2.15. The molecular weight excluding hydrogens is 322 g/mol. The summed E-state index contributed by atoms with van der Waals surface area (Å²) in [6.07, 6.45) is 3.75. The van der Waals surface area contributed by atoms with Gasteiger partial charge in [0.1, 0.15) is 19.0 Å². The van der Waals surface area contributed by atoms with Gasteiger partial charge in [0.25, 0.3) is 0 Å². The van der Waals surface area contributed by atoms with E-state index in [1.807, 2.05) is 23.9 Å². The molecular formula is C14H16BrN3O2. The van der Waals surface area contributed by atoms with E-state index in [4.69, 9.17) is 9.47 Å². The van der Waals surface area contributed by atoms with E-state index < -0.39 is 0 Å². The third-order valence-electron chi connectivity index (χ3n) is 3.19. The van der Waals surface area contributed by atoms with Gasteiger partial charge in [-0.15, -0.1) is 0 Å². The van der Waals surface area contributed by atoms with Crippen LogP contribution in [0.25, 0.3) is 0 Å². The van der Waals surface area contributed by atoms with Crippen LogP contribution in [0.1, 0.15) is 11.4 Å². The van der Waals surface area contributed by atoms with Gasteiger partial charge in [-0.3, -0.25) is 0 Å². The highest BCUT2D eigenvalue weighted by Gasteiger charge is 2.16. The van der Waals surface area contributed by atoms with Crippen molar-refractivity contribution in [1.82, 2.24) is 14.9 Å². The molecule has 1 aliphatic heterocycles. The summed E-state index contributed by atoms with van der Waals surface area (Å²) in [5.41, 5.74) is 1.15. The zero-order valence-corrected chi connectivity index (χ0v) is 12.8. The van der Waals surface area contributed by atoms with Crippen molar-refractivity contribution in [2.24, 2.45) is 7.05 Å². The predicted molar refractivity (Wildman–Crippen MR) is 78.9 cm³/mol. The normalized spacial score (nSPS) is 13.5. The molecule has 1 aliphatic rings. The molecule has 0 saturated heterocycles. The molecule has 0 fully saturated rings. The molecule has 0 unspecified atom stereocenters. The molecule has 1 aromatic carbocycles. The van der Waals surface area contributed by atoms with Gasteiger partial charge in [0.05, 0.1) is 11.0 Å². The minimum atomic E-state index is 0.600. The Labute approximate surface area is 126 Å². The first-order valence-corrected chi connectivity index (χ1v) is 7.28. The second kappa shape index (κ2) is 5.85. The number of benzene rings is 1. The first kappa shape index (κ1) is 13.5. The minimum Gasteiger partial charge on any atom is -0.486 e. The first-order valence-electron chi connectivity index (χ1n) is 6.49. The molecule has 20 heavy (non-hydrogen) atoms. The Morgan fingerprint density at radius 1 is 1.30 bits per heavy atom. The number of rotatable bonds is 4. The maximum Gasteiger partial charge on any atom is 0.175 e. The van der Waals surface area contributed by atoms with Crippen molar-refractivity contribution in [3.63, 3.8) is 0 Å². The number of nitrogens with zero attached hydrogens (tertiary/aromatic N) is 2. The Balaban J connectivity index is 1.66. The van der Waals surface area contributed by atoms with Gasteiger partial charge in [0.15, 0.2) is 11.5 Å². The zero-order chi connectivity index (χ0) is 13.9. The van der Waals surface area contributed by atoms with Crippen molar-refractivity contribution >= 4 is 15.9 Å². The highest BCUT2D eigenvalue weighted by molar-refractivity contribution is 9.10. The van der Waals surface area contributed by atoms with Crippen LogP contribution in [0.15, 0.2) is 29.0 Å². The van der Waals surface area contributed by atoms with E-state index >= 15 is 0 Å². The fourth-order valence-corrected chi connectivity index (χ4v) is 2.76. The van der Waals surface area contributed by atoms with Crippen LogP contribution in [0.4, 0.5) is 0 Å². The summed E-state index contributed by atoms with van der Waals surface area (Å²) in [7, 11) is 1.99. The molecule has 0 saturated carbocycles. The molecule has 0 radical (unpaired) electrons. The average molecular weight is 338 g/mol. The monoisotopic (exact) mass is 337 g/mol. The summed E-state index contributed by atoms with van der Waals surface area (Å²) < 4.78 is 14.1. The van der Waals surface area contributed by atoms with Crippen LogP contribution >= 0.6 is 15.9 Å². The lowest BCUT2D eigenvalue weighted by molar-refractivity contribution is 0.170. The number of imidazole rings is 1. The van der Waals surface area contributed by atoms with Gasteiger partial charge in [-0.2, -0.15) is 0 Å². The Morgan fingerprint density at radius 3 is 2.95 bits per heavy atom. The number of aryl methyl sites for hydroxylation is 1. The van der Waals surface area contributed by atoms with Gasteiger partial charge in [0, 0.05) is 26.0 Å². The fraction of sp³-hybridized carbons (Fsp3) is 0.357. The van der Waals surface area contributed by atoms with Crippen LogP contribution in [0.2, 0.25) is 0 Å². The number of fused-ring (bicyclic) bond motifs is 1.